The molecular weight excluding hydrogens is 571 g/mol. The van der Waals surface area contributed by atoms with Gasteiger partial charge in [0.2, 0.25) is 0 Å². The third-order valence-corrected chi connectivity index (χ3v) is 6.80. The smallest absolute Gasteiger partial charge is 0.343 e. The molecule has 1 aliphatic carbocycles. The van der Waals surface area contributed by atoms with Crippen LogP contribution < -0.4 is 14.2 Å². The highest BCUT2D eigenvalue weighted by Gasteiger charge is 2.21. The van der Waals surface area contributed by atoms with E-state index in [0.29, 0.717) is 5.56 Å². The van der Waals surface area contributed by atoms with Crippen LogP contribution in [0.5, 0.6) is 17.2 Å². The van der Waals surface area contributed by atoms with E-state index in [1.54, 1.807) is 12.1 Å². The van der Waals surface area contributed by atoms with Gasteiger partial charge >= 0.3 is 23.9 Å². The zero-order valence-electron chi connectivity index (χ0n) is 23.9. The third-order valence-electron chi connectivity index (χ3n) is 6.80. The molecule has 1 aliphatic rings. The first-order chi connectivity index (χ1) is 21.1. The van der Waals surface area contributed by atoms with Crippen molar-refractivity contribution in [2.75, 3.05) is 6.61 Å². The number of rotatable bonds is 11. The van der Waals surface area contributed by atoms with Crippen molar-refractivity contribution < 1.29 is 47.6 Å². The van der Waals surface area contributed by atoms with Gasteiger partial charge in [-0.15, -0.1) is 0 Å². The minimum absolute atomic E-state index is 0.0313. The van der Waals surface area contributed by atoms with Gasteiger partial charge in [-0.2, -0.15) is 0 Å². The van der Waals surface area contributed by atoms with E-state index in [0.717, 1.165) is 38.2 Å². The number of carbonyl (C=O) groups excluding carboxylic acids is 4. The van der Waals surface area contributed by atoms with Crippen LogP contribution in [-0.2, 0) is 19.1 Å². The Morgan fingerprint density at radius 2 is 1.32 bits per heavy atom. The lowest BCUT2D eigenvalue weighted by Crippen LogP contribution is -2.22. The highest BCUT2D eigenvalue weighted by molar-refractivity contribution is 5.95. The zero-order chi connectivity index (χ0) is 31.6. The van der Waals surface area contributed by atoms with Crippen molar-refractivity contribution in [3.63, 3.8) is 0 Å². The molecule has 1 fully saturated rings. The summed E-state index contributed by atoms with van der Waals surface area (Å²) in [6, 6.07) is 15.5. The highest BCUT2D eigenvalue weighted by Crippen LogP contribution is 2.29. The number of hydrogen-bond donors (Lipinski definition) is 1. The maximum absolute atomic E-state index is 14.9. The predicted octanol–water partition coefficient (Wildman–Crippen LogP) is 5.89. The lowest BCUT2D eigenvalue weighted by atomic mass is 9.98. The van der Waals surface area contributed by atoms with Gasteiger partial charge < -0.3 is 24.1 Å². The molecule has 0 aliphatic heterocycles. The Morgan fingerprint density at radius 3 is 1.91 bits per heavy atom. The number of carbonyl (C=O) groups is 4. The van der Waals surface area contributed by atoms with Gasteiger partial charge in [0.15, 0.2) is 0 Å². The van der Waals surface area contributed by atoms with Crippen LogP contribution in [-0.4, -0.2) is 41.7 Å². The van der Waals surface area contributed by atoms with Gasteiger partial charge in [-0.05, 0) is 79.8 Å². The topological polar surface area (TPSA) is 125 Å². The maximum atomic E-state index is 14.9. The number of hydrogen-bond acceptors (Lipinski definition) is 9. The molecule has 44 heavy (non-hydrogen) atoms. The molecule has 0 saturated heterocycles. The summed E-state index contributed by atoms with van der Waals surface area (Å²) in [5, 5.41) is 8.96. The maximum Gasteiger partial charge on any atom is 0.343 e. The molecule has 9 nitrogen and oxygen atoms in total. The van der Waals surface area contributed by atoms with Crippen molar-refractivity contribution in [1.29, 1.82) is 0 Å². The van der Waals surface area contributed by atoms with E-state index in [9.17, 15) is 23.6 Å². The summed E-state index contributed by atoms with van der Waals surface area (Å²) in [7, 11) is 0. The molecule has 0 atom stereocenters. The van der Waals surface area contributed by atoms with Crippen molar-refractivity contribution in [2.24, 2.45) is 0 Å². The average molecular weight is 603 g/mol. The summed E-state index contributed by atoms with van der Waals surface area (Å²) >= 11 is 0. The SMILES string of the molecule is C=C(CO)C(=O)Oc1ccc(-c2ccc(OC(=O)c3ccc(OC(=O)C(=C)CC(=O)OC4CCCCC4)cc3)cc2F)cc1. The molecule has 0 spiro atoms. The van der Waals surface area contributed by atoms with Crippen molar-refractivity contribution >= 4 is 23.9 Å². The summed E-state index contributed by atoms with van der Waals surface area (Å²) < 4.78 is 35.9. The second-order valence-electron chi connectivity index (χ2n) is 10.2. The van der Waals surface area contributed by atoms with Crippen molar-refractivity contribution in [3.05, 3.63) is 102 Å². The van der Waals surface area contributed by atoms with Crippen molar-refractivity contribution in [1.82, 2.24) is 0 Å². The monoisotopic (exact) mass is 602 g/mol. The van der Waals surface area contributed by atoms with Gasteiger partial charge in [0, 0.05) is 17.2 Å². The van der Waals surface area contributed by atoms with Crippen LogP contribution >= 0.6 is 0 Å². The van der Waals surface area contributed by atoms with Crippen LogP contribution in [0.4, 0.5) is 4.39 Å². The second kappa shape index (κ2) is 14.9. The van der Waals surface area contributed by atoms with Gasteiger partial charge in [-0.1, -0.05) is 31.7 Å². The molecule has 0 unspecified atom stereocenters. The lowest BCUT2D eigenvalue weighted by molar-refractivity contribution is -0.150. The van der Waals surface area contributed by atoms with Crippen LogP contribution in [0.15, 0.2) is 91.0 Å². The largest absolute Gasteiger partial charge is 0.462 e. The summed E-state index contributed by atoms with van der Waals surface area (Å²) in [6.45, 7) is 6.48. The Bertz CT molecular complexity index is 1550. The van der Waals surface area contributed by atoms with E-state index in [1.807, 2.05) is 0 Å². The molecule has 0 bridgehead atoms. The van der Waals surface area contributed by atoms with Crippen LogP contribution in [0.2, 0.25) is 0 Å². The molecule has 1 N–H and O–H groups in total. The number of esters is 4. The number of aliphatic hydroxyl groups is 1. The number of ether oxygens (including phenoxy) is 4. The van der Waals surface area contributed by atoms with Crippen LogP contribution in [0.25, 0.3) is 11.1 Å². The van der Waals surface area contributed by atoms with Crippen LogP contribution in [0.1, 0.15) is 48.9 Å². The average Bonchev–Trinajstić information content (AvgIpc) is 3.02. The molecular formula is C34H31FO9. The quantitative estimate of drug-likeness (QED) is 0.162. The molecule has 0 aromatic heterocycles. The Labute approximate surface area is 253 Å². The molecule has 0 heterocycles. The van der Waals surface area contributed by atoms with Crippen molar-refractivity contribution in [3.8, 4) is 28.4 Å². The first-order valence-electron chi connectivity index (χ1n) is 14.0. The Morgan fingerprint density at radius 1 is 0.750 bits per heavy atom. The van der Waals surface area contributed by atoms with Gasteiger partial charge in [0.05, 0.1) is 24.2 Å². The highest BCUT2D eigenvalue weighted by atomic mass is 19.1. The van der Waals surface area contributed by atoms with Gasteiger partial charge in [-0.3, -0.25) is 4.79 Å². The Balaban J connectivity index is 1.29. The first kappa shape index (κ1) is 31.8. The molecule has 4 rings (SSSR count). The van der Waals surface area contributed by atoms with E-state index >= 15 is 0 Å². The molecule has 3 aromatic rings. The fraction of sp³-hybridized carbons (Fsp3) is 0.235. The second-order valence-corrected chi connectivity index (χ2v) is 10.2. The fourth-order valence-electron chi connectivity index (χ4n) is 4.40. The molecule has 10 heteroatoms. The van der Waals surface area contributed by atoms with Crippen molar-refractivity contribution in [2.45, 2.75) is 44.6 Å². The molecule has 228 valence electrons. The summed E-state index contributed by atoms with van der Waals surface area (Å²) in [5.41, 5.74) is 0.671. The predicted molar refractivity (Wildman–Crippen MR) is 157 cm³/mol. The summed E-state index contributed by atoms with van der Waals surface area (Å²) in [6.07, 6.45) is 4.38. The summed E-state index contributed by atoms with van der Waals surface area (Å²) in [4.78, 5) is 48.9. The van der Waals surface area contributed by atoms with Crippen LogP contribution in [0, 0.1) is 5.82 Å². The van der Waals surface area contributed by atoms with E-state index in [4.69, 9.17) is 24.1 Å². The minimum Gasteiger partial charge on any atom is -0.462 e. The molecule has 0 radical (unpaired) electrons. The third kappa shape index (κ3) is 8.71. The summed E-state index contributed by atoms with van der Waals surface area (Å²) in [5.74, 6) is -3.22. The van der Waals surface area contributed by atoms with Gasteiger partial charge in [0.25, 0.3) is 0 Å². The minimum atomic E-state index is -0.792. The first-order valence-corrected chi connectivity index (χ1v) is 14.0. The van der Waals surface area contributed by atoms with E-state index in [1.165, 1.54) is 48.5 Å². The van der Waals surface area contributed by atoms with E-state index in [-0.39, 0.29) is 52.0 Å². The van der Waals surface area contributed by atoms with Gasteiger partial charge in [0.1, 0.15) is 29.2 Å². The molecule has 0 amide bonds. The van der Waals surface area contributed by atoms with Crippen LogP contribution in [0.3, 0.4) is 0 Å². The normalized spacial score (nSPS) is 13.0. The molecule has 1 saturated carbocycles. The Kier molecular flexibility index (Phi) is 10.8. The lowest BCUT2D eigenvalue weighted by Gasteiger charge is -2.21. The Hall–Kier alpha value is -5.09. The fourth-order valence-corrected chi connectivity index (χ4v) is 4.40. The standard InChI is InChI=1S/C34H31FO9/c1-21(18-31(37)41-25-6-4-3-5-7-25)32(38)42-27-14-10-24(11-15-27)34(40)44-28-16-17-29(30(35)19-28)23-8-12-26(13-9-23)43-33(39)22(2)20-36/h8-17,19,25,36H,1-7,18,20H2. The number of aliphatic hydroxyl groups excluding tert-OH is 1. The van der Waals surface area contributed by atoms with E-state index in [2.05, 4.69) is 13.2 Å². The number of benzene rings is 3. The van der Waals surface area contributed by atoms with Gasteiger partial charge in [-0.25, -0.2) is 18.8 Å². The van der Waals surface area contributed by atoms with E-state index < -0.39 is 36.3 Å². The zero-order valence-corrected chi connectivity index (χ0v) is 23.9. The number of halogens is 1. The molecule has 3 aromatic carbocycles.